The minimum atomic E-state index is -0.736. The van der Waals surface area contributed by atoms with E-state index < -0.39 is 6.04 Å². The molecule has 7 nitrogen and oxygen atoms in total. The highest BCUT2D eigenvalue weighted by molar-refractivity contribution is 5.95. The molecule has 1 atom stereocenters. The summed E-state index contributed by atoms with van der Waals surface area (Å²) in [4.78, 5) is 26.9. The van der Waals surface area contributed by atoms with Crippen LogP contribution in [0.25, 0.3) is 16.6 Å². The van der Waals surface area contributed by atoms with Crippen LogP contribution in [0.5, 0.6) is 0 Å². The Morgan fingerprint density at radius 3 is 2.24 bits per heavy atom. The van der Waals surface area contributed by atoms with Crippen LogP contribution in [0, 0.1) is 34.6 Å². The molecule has 0 spiro atoms. The molecule has 0 aliphatic carbocycles. The number of carbonyl (C=O) groups is 1. The fraction of sp³-hybridized carbons (Fsp3) is 0.308. The summed E-state index contributed by atoms with van der Waals surface area (Å²) < 4.78 is 3.07. The van der Waals surface area contributed by atoms with Gasteiger partial charge in [0.15, 0.2) is 0 Å². The Hall–Kier alpha value is -3.74. The summed E-state index contributed by atoms with van der Waals surface area (Å²) in [6, 6.07) is 13.0. The van der Waals surface area contributed by atoms with Gasteiger partial charge in [-0.25, -0.2) is 9.36 Å². The van der Waals surface area contributed by atoms with Crippen molar-refractivity contribution in [3.63, 3.8) is 0 Å². The summed E-state index contributed by atoms with van der Waals surface area (Å²) in [5.41, 5.74) is 6.34. The van der Waals surface area contributed by atoms with Gasteiger partial charge in [0.1, 0.15) is 11.6 Å². The first-order valence-corrected chi connectivity index (χ1v) is 11.2. The molecule has 1 unspecified atom stereocenters. The molecule has 33 heavy (non-hydrogen) atoms. The van der Waals surface area contributed by atoms with E-state index in [1.807, 2.05) is 84.0 Å². The number of hydrogen-bond donors (Lipinski definition) is 1. The van der Waals surface area contributed by atoms with Gasteiger partial charge in [-0.2, -0.15) is 10.2 Å². The van der Waals surface area contributed by atoms with Crippen LogP contribution >= 0.6 is 0 Å². The molecular weight excluding hydrogens is 414 g/mol. The van der Waals surface area contributed by atoms with E-state index in [-0.39, 0.29) is 11.5 Å². The van der Waals surface area contributed by atoms with E-state index in [0.717, 1.165) is 33.8 Å². The van der Waals surface area contributed by atoms with Gasteiger partial charge in [-0.3, -0.25) is 9.59 Å². The van der Waals surface area contributed by atoms with Gasteiger partial charge in [0.2, 0.25) is 5.91 Å². The highest BCUT2D eigenvalue weighted by atomic mass is 16.2. The Balaban J connectivity index is 1.80. The summed E-state index contributed by atoms with van der Waals surface area (Å²) in [6.45, 7) is 11.5. The normalized spacial score (nSPS) is 12.2. The highest BCUT2D eigenvalue weighted by Crippen LogP contribution is 2.25. The van der Waals surface area contributed by atoms with Crippen molar-refractivity contribution in [2.45, 2.75) is 54.0 Å². The number of aromatic nitrogens is 4. The third-order valence-corrected chi connectivity index (χ3v) is 6.05. The smallest absolute Gasteiger partial charge is 0.278 e. The van der Waals surface area contributed by atoms with Crippen LogP contribution in [0.15, 0.2) is 47.3 Å². The largest absolute Gasteiger partial charge is 0.324 e. The Morgan fingerprint density at radius 2 is 1.64 bits per heavy atom. The molecule has 0 saturated heterocycles. The second kappa shape index (κ2) is 8.65. The summed E-state index contributed by atoms with van der Waals surface area (Å²) in [6.07, 6.45) is 0.430. The number of nitrogens with zero attached hydrogens (tertiary/aromatic N) is 4. The Kier molecular flexibility index (Phi) is 5.89. The van der Waals surface area contributed by atoms with Gasteiger partial charge in [0.05, 0.1) is 22.5 Å². The van der Waals surface area contributed by atoms with Gasteiger partial charge in [-0.1, -0.05) is 42.8 Å². The van der Waals surface area contributed by atoms with Crippen molar-refractivity contribution >= 4 is 22.5 Å². The molecule has 0 fully saturated rings. The topological polar surface area (TPSA) is 81.8 Å². The average molecular weight is 444 g/mol. The quantitative estimate of drug-likeness (QED) is 0.484. The molecule has 170 valence electrons. The average Bonchev–Trinajstić information content (AvgIpc) is 3.13. The maximum Gasteiger partial charge on any atom is 0.278 e. The van der Waals surface area contributed by atoms with Crippen LogP contribution < -0.4 is 10.9 Å². The molecule has 4 rings (SSSR count). The molecular formula is C26H29N5O2. The molecule has 0 bridgehead atoms. The number of nitrogens with one attached hydrogen (secondary N) is 1. The van der Waals surface area contributed by atoms with Crippen molar-refractivity contribution < 1.29 is 4.79 Å². The van der Waals surface area contributed by atoms with E-state index in [1.165, 1.54) is 4.68 Å². The maximum atomic E-state index is 13.5. The highest BCUT2D eigenvalue weighted by Gasteiger charge is 2.26. The SMILES string of the molecule is CCC(C(=O)Nc1c(C)cc(C)cc1C)n1nc(C)c2nn(-c3ccccc3)c(C)c2c1=O. The molecule has 1 amide bonds. The number of fused-ring (bicyclic) bond motifs is 1. The van der Waals surface area contributed by atoms with Crippen LogP contribution in [0.2, 0.25) is 0 Å². The maximum absolute atomic E-state index is 13.5. The zero-order valence-corrected chi connectivity index (χ0v) is 19.9. The second-order valence-corrected chi connectivity index (χ2v) is 8.58. The van der Waals surface area contributed by atoms with Crippen LogP contribution in [0.4, 0.5) is 5.69 Å². The third-order valence-electron chi connectivity index (χ3n) is 6.05. The number of amides is 1. The van der Waals surface area contributed by atoms with Gasteiger partial charge >= 0.3 is 0 Å². The lowest BCUT2D eigenvalue weighted by molar-refractivity contribution is -0.119. The Labute approximate surface area is 193 Å². The third kappa shape index (κ3) is 3.95. The van der Waals surface area contributed by atoms with Gasteiger partial charge in [-0.05, 0) is 64.3 Å². The zero-order chi connectivity index (χ0) is 23.9. The van der Waals surface area contributed by atoms with E-state index in [0.29, 0.717) is 23.0 Å². The summed E-state index contributed by atoms with van der Waals surface area (Å²) in [5.74, 6) is -0.256. The molecule has 7 heteroatoms. The lowest BCUT2D eigenvalue weighted by atomic mass is 10.0. The lowest BCUT2D eigenvalue weighted by Crippen LogP contribution is -2.35. The van der Waals surface area contributed by atoms with Gasteiger partial charge in [0.25, 0.3) is 5.56 Å². The number of benzene rings is 2. The predicted molar refractivity (Wildman–Crippen MR) is 131 cm³/mol. The summed E-state index contributed by atoms with van der Waals surface area (Å²) in [5, 5.41) is 12.7. The van der Waals surface area contributed by atoms with Crippen molar-refractivity contribution in [2.75, 3.05) is 5.32 Å². The number of hydrogen-bond acceptors (Lipinski definition) is 4. The van der Waals surface area contributed by atoms with E-state index in [4.69, 9.17) is 0 Å². The minimum Gasteiger partial charge on any atom is -0.324 e. The van der Waals surface area contributed by atoms with Crippen LogP contribution in [0.3, 0.4) is 0 Å². The van der Waals surface area contributed by atoms with E-state index in [2.05, 4.69) is 15.5 Å². The molecule has 0 radical (unpaired) electrons. The molecule has 0 aliphatic heterocycles. The van der Waals surface area contributed by atoms with Crippen molar-refractivity contribution in [3.05, 3.63) is 80.9 Å². The first kappa shape index (κ1) is 22.5. The summed E-state index contributed by atoms with van der Waals surface area (Å²) >= 11 is 0. The van der Waals surface area contributed by atoms with Crippen molar-refractivity contribution in [2.24, 2.45) is 0 Å². The monoisotopic (exact) mass is 443 g/mol. The number of anilines is 1. The first-order chi connectivity index (χ1) is 15.7. The van der Waals surface area contributed by atoms with E-state index >= 15 is 0 Å². The van der Waals surface area contributed by atoms with Crippen LogP contribution in [-0.4, -0.2) is 25.5 Å². The molecule has 0 saturated carbocycles. The van der Waals surface area contributed by atoms with E-state index in [1.54, 1.807) is 4.68 Å². The minimum absolute atomic E-state index is 0.256. The molecule has 2 heterocycles. The van der Waals surface area contributed by atoms with Gasteiger partial charge in [0, 0.05) is 5.69 Å². The van der Waals surface area contributed by atoms with Crippen molar-refractivity contribution in [3.8, 4) is 5.69 Å². The molecule has 4 aromatic rings. The fourth-order valence-corrected chi connectivity index (χ4v) is 4.47. The Bertz CT molecular complexity index is 1390. The number of carbonyl (C=O) groups excluding carboxylic acids is 1. The standard InChI is InChI=1S/C26H29N5O2/c1-7-21(25(32)27-23-16(3)13-15(2)14-17(23)4)31-26(33)22-19(6)30(20-11-9-8-10-12-20)29-24(22)18(5)28-31/h8-14,21H,7H2,1-6H3,(H,27,32). The van der Waals surface area contributed by atoms with Crippen molar-refractivity contribution in [1.82, 2.24) is 19.6 Å². The van der Waals surface area contributed by atoms with E-state index in [9.17, 15) is 9.59 Å². The van der Waals surface area contributed by atoms with Crippen molar-refractivity contribution in [1.29, 1.82) is 0 Å². The molecule has 2 aromatic heterocycles. The Morgan fingerprint density at radius 1 is 1.00 bits per heavy atom. The predicted octanol–water partition coefficient (Wildman–Crippen LogP) is 4.71. The molecule has 1 N–H and O–H groups in total. The number of aryl methyl sites for hydroxylation is 5. The zero-order valence-electron chi connectivity index (χ0n) is 19.9. The lowest BCUT2D eigenvalue weighted by Gasteiger charge is -2.19. The summed E-state index contributed by atoms with van der Waals surface area (Å²) in [7, 11) is 0. The number of rotatable bonds is 5. The molecule has 0 aliphatic rings. The fourth-order valence-electron chi connectivity index (χ4n) is 4.47. The van der Waals surface area contributed by atoms with Crippen LogP contribution in [-0.2, 0) is 4.79 Å². The van der Waals surface area contributed by atoms with Gasteiger partial charge < -0.3 is 5.32 Å². The second-order valence-electron chi connectivity index (χ2n) is 8.58. The van der Waals surface area contributed by atoms with Crippen LogP contribution in [0.1, 0.15) is 47.5 Å². The van der Waals surface area contributed by atoms with Gasteiger partial charge in [-0.15, -0.1) is 0 Å². The first-order valence-electron chi connectivity index (χ1n) is 11.2. The molecule has 2 aromatic carbocycles. The number of para-hydroxylation sites is 1.